The van der Waals surface area contributed by atoms with Crippen molar-refractivity contribution in [1.29, 1.82) is 0 Å². The molecule has 0 spiro atoms. The molecule has 1 heterocycles. The average Bonchev–Trinajstić information content (AvgIpc) is 2.80. The second-order valence-electron chi connectivity index (χ2n) is 8.50. The highest BCUT2D eigenvalue weighted by Gasteiger charge is 2.20. The summed E-state index contributed by atoms with van der Waals surface area (Å²) in [6.45, 7) is 4.08. The molecule has 1 saturated heterocycles. The topological polar surface area (TPSA) is 70.6 Å². The number of para-hydroxylation sites is 1. The predicted molar refractivity (Wildman–Crippen MR) is 124 cm³/mol. The number of nitrogens with one attached hydrogen (secondary N) is 2. The van der Waals surface area contributed by atoms with Crippen LogP contribution in [0.4, 0.5) is 0 Å². The Hall–Kier alpha value is -2.37. The molecule has 0 saturated carbocycles. The minimum Gasteiger partial charge on any atom is -0.493 e. The molecule has 5 nitrogen and oxygen atoms in total. The number of carboxylic acid groups (broad SMARTS) is 1. The number of hydrogen-bond donors (Lipinski definition) is 3. The normalized spacial score (nSPS) is 15.5. The average molecular weight is 425 g/mol. The van der Waals surface area contributed by atoms with E-state index < -0.39 is 11.9 Å². The lowest BCUT2D eigenvalue weighted by molar-refractivity contribution is -0.141. The second kappa shape index (κ2) is 13.1. The van der Waals surface area contributed by atoms with Gasteiger partial charge in [-0.1, -0.05) is 55.0 Å². The fourth-order valence-corrected chi connectivity index (χ4v) is 4.20. The van der Waals surface area contributed by atoms with Crippen LogP contribution in [0, 0.1) is 11.8 Å². The van der Waals surface area contributed by atoms with Gasteiger partial charge < -0.3 is 20.5 Å². The highest BCUT2D eigenvalue weighted by molar-refractivity contribution is 5.71. The zero-order chi connectivity index (χ0) is 21.7. The fraction of sp³-hybridized carbons (Fsp3) is 0.500. The van der Waals surface area contributed by atoms with Crippen LogP contribution in [-0.2, 0) is 17.8 Å². The summed E-state index contributed by atoms with van der Waals surface area (Å²) in [7, 11) is 0. The standard InChI is InChI=1S/C26H36N2O3/c29-26(30)24(20-28-19-22-9-2-1-3-10-22)18-23-11-4-5-12-25(23)31-17-7-6-8-21-13-15-27-16-14-21/h1-5,9-12,21,24,27-28H,6-8,13-20H2,(H,29,30). The van der Waals surface area contributed by atoms with Crippen LogP contribution in [0.25, 0.3) is 0 Å². The number of aliphatic carboxylic acids is 1. The summed E-state index contributed by atoms with van der Waals surface area (Å²) in [4.78, 5) is 11.8. The third kappa shape index (κ3) is 8.35. The Kier molecular flexibility index (Phi) is 9.87. The van der Waals surface area contributed by atoms with Crippen LogP contribution in [0.2, 0.25) is 0 Å². The minimum absolute atomic E-state index is 0.425. The van der Waals surface area contributed by atoms with E-state index in [9.17, 15) is 9.90 Å². The van der Waals surface area contributed by atoms with Crippen LogP contribution in [0.1, 0.15) is 43.2 Å². The van der Waals surface area contributed by atoms with Crippen molar-refractivity contribution < 1.29 is 14.6 Å². The lowest BCUT2D eigenvalue weighted by Crippen LogP contribution is -2.30. The van der Waals surface area contributed by atoms with Gasteiger partial charge in [-0.05, 0) is 68.3 Å². The van der Waals surface area contributed by atoms with E-state index in [4.69, 9.17) is 4.74 Å². The van der Waals surface area contributed by atoms with E-state index >= 15 is 0 Å². The third-order valence-corrected chi connectivity index (χ3v) is 6.07. The summed E-state index contributed by atoms with van der Waals surface area (Å²) in [6.07, 6.45) is 6.55. The molecule has 2 aromatic rings. The Morgan fingerprint density at radius 3 is 2.58 bits per heavy atom. The van der Waals surface area contributed by atoms with Crippen LogP contribution >= 0.6 is 0 Å². The molecule has 1 atom stereocenters. The van der Waals surface area contributed by atoms with Gasteiger partial charge in [-0.25, -0.2) is 0 Å². The predicted octanol–water partition coefficient (Wildman–Crippen LogP) is 4.27. The number of ether oxygens (including phenoxy) is 1. The molecule has 31 heavy (non-hydrogen) atoms. The van der Waals surface area contributed by atoms with Crippen molar-refractivity contribution in [2.24, 2.45) is 11.8 Å². The SMILES string of the molecule is O=C(O)C(CNCc1ccccc1)Cc1ccccc1OCCCCC1CCNCC1. The first-order chi connectivity index (χ1) is 15.2. The first kappa shape index (κ1) is 23.3. The molecule has 0 bridgehead atoms. The number of unbranched alkanes of at least 4 members (excludes halogenated alkanes) is 1. The fourth-order valence-electron chi connectivity index (χ4n) is 4.20. The van der Waals surface area contributed by atoms with Gasteiger partial charge in [0, 0.05) is 13.1 Å². The minimum atomic E-state index is -0.780. The van der Waals surface area contributed by atoms with E-state index in [1.807, 2.05) is 54.6 Å². The van der Waals surface area contributed by atoms with Crippen molar-refractivity contribution >= 4 is 5.97 Å². The van der Waals surface area contributed by atoms with Crippen LogP contribution in [0.15, 0.2) is 54.6 Å². The van der Waals surface area contributed by atoms with E-state index in [0.717, 1.165) is 42.3 Å². The van der Waals surface area contributed by atoms with E-state index in [1.165, 1.54) is 25.7 Å². The Labute approximate surface area is 186 Å². The van der Waals surface area contributed by atoms with E-state index in [2.05, 4.69) is 10.6 Å². The molecule has 1 unspecified atom stereocenters. The lowest BCUT2D eigenvalue weighted by Gasteiger charge is -2.22. The van der Waals surface area contributed by atoms with Gasteiger partial charge in [0.1, 0.15) is 5.75 Å². The summed E-state index contributed by atoms with van der Waals surface area (Å²) < 4.78 is 6.06. The molecule has 0 amide bonds. The Balaban J connectivity index is 1.44. The molecule has 2 aromatic carbocycles. The summed E-state index contributed by atoms with van der Waals surface area (Å²) in [5.41, 5.74) is 2.12. The molecule has 168 valence electrons. The third-order valence-electron chi connectivity index (χ3n) is 6.07. The van der Waals surface area contributed by atoms with E-state index in [0.29, 0.717) is 26.1 Å². The monoisotopic (exact) mass is 424 g/mol. The molecule has 1 aliphatic heterocycles. The van der Waals surface area contributed by atoms with Crippen molar-refractivity contribution in [3.05, 3.63) is 65.7 Å². The van der Waals surface area contributed by atoms with Gasteiger partial charge in [0.05, 0.1) is 12.5 Å². The quantitative estimate of drug-likeness (QED) is 0.419. The molecule has 0 aliphatic carbocycles. The summed E-state index contributed by atoms with van der Waals surface area (Å²) in [6, 6.07) is 17.9. The van der Waals surface area contributed by atoms with E-state index in [-0.39, 0.29) is 0 Å². The van der Waals surface area contributed by atoms with Gasteiger partial charge in [-0.2, -0.15) is 0 Å². The summed E-state index contributed by atoms with van der Waals surface area (Å²) in [5.74, 6) is 0.401. The summed E-state index contributed by atoms with van der Waals surface area (Å²) in [5, 5.41) is 16.4. The van der Waals surface area contributed by atoms with Crippen molar-refractivity contribution in [2.45, 2.75) is 45.1 Å². The molecule has 0 radical (unpaired) electrons. The zero-order valence-electron chi connectivity index (χ0n) is 18.4. The number of rotatable bonds is 13. The van der Waals surface area contributed by atoms with Crippen molar-refractivity contribution in [1.82, 2.24) is 10.6 Å². The molecule has 3 rings (SSSR count). The molecule has 1 aliphatic rings. The van der Waals surface area contributed by atoms with Crippen LogP contribution in [0.3, 0.4) is 0 Å². The Morgan fingerprint density at radius 1 is 1.06 bits per heavy atom. The second-order valence-corrected chi connectivity index (χ2v) is 8.50. The summed E-state index contributed by atoms with van der Waals surface area (Å²) >= 11 is 0. The maximum absolute atomic E-state index is 11.8. The first-order valence-corrected chi connectivity index (χ1v) is 11.6. The molecule has 5 heteroatoms. The Morgan fingerprint density at radius 2 is 1.81 bits per heavy atom. The molecule has 0 aromatic heterocycles. The highest BCUT2D eigenvalue weighted by Crippen LogP contribution is 2.23. The number of carboxylic acids is 1. The number of benzene rings is 2. The van der Waals surface area contributed by atoms with E-state index in [1.54, 1.807) is 0 Å². The number of piperidine rings is 1. The maximum Gasteiger partial charge on any atom is 0.308 e. The molecule has 3 N–H and O–H groups in total. The van der Waals surface area contributed by atoms with Gasteiger partial charge in [0.2, 0.25) is 0 Å². The Bertz CT molecular complexity index is 775. The van der Waals surface area contributed by atoms with Gasteiger partial charge >= 0.3 is 5.97 Å². The largest absolute Gasteiger partial charge is 0.493 e. The maximum atomic E-state index is 11.8. The molecular formula is C26H36N2O3. The molecular weight excluding hydrogens is 388 g/mol. The van der Waals surface area contributed by atoms with Gasteiger partial charge in [0.15, 0.2) is 0 Å². The lowest BCUT2D eigenvalue weighted by atomic mass is 9.93. The zero-order valence-corrected chi connectivity index (χ0v) is 18.4. The van der Waals surface area contributed by atoms with Gasteiger partial charge in [-0.3, -0.25) is 4.79 Å². The number of hydrogen-bond acceptors (Lipinski definition) is 4. The van der Waals surface area contributed by atoms with Crippen LogP contribution in [-0.4, -0.2) is 37.3 Å². The van der Waals surface area contributed by atoms with Crippen LogP contribution in [0.5, 0.6) is 5.75 Å². The smallest absolute Gasteiger partial charge is 0.308 e. The first-order valence-electron chi connectivity index (χ1n) is 11.6. The van der Waals surface area contributed by atoms with Gasteiger partial charge in [-0.15, -0.1) is 0 Å². The van der Waals surface area contributed by atoms with Crippen molar-refractivity contribution in [3.63, 3.8) is 0 Å². The highest BCUT2D eigenvalue weighted by atomic mass is 16.5. The van der Waals surface area contributed by atoms with Gasteiger partial charge in [0.25, 0.3) is 0 Å². The number of carbonyl (C=O) groups is 1. The van der Waals surface area contributed by atoms with Crippen molar-refractivity contribution in [3.8, 4) is 5.75 Å². The van der Waals surface area contributed by atoms with Crippen molar-refractivity contribution in [2.75, 3.05) is 26.2 Å². The van der Waals surface area contributed by atoms with Crippen LogP contribution < -0.4 is 15.4 Å². The molecule has 1 fully saturated rings.